The van der Waals surface area contributed by atoms with E-state index >= 15 is 0 Å². The Morgan fingerprint density at radius 3 is 2.76 bits per heavy atom. The number of halogens is 2. The minimum absolute atomic E-state index is 0.0817. The maximum atomic E-state index is 12.0. The number of carbonyl (C=O) groups excluding carboxylic acids is 2. The number of ether oxygens (including phenoxy) is 1. The monoisotopic (exact) mass is 374 g/mol. The van der Waals surface area contributed by atoms with Gasteiger partial charge in [0.1, 0.15) is 23.5 Å². The van der Waals surface area contributed by atoms with Crippen molar-refractivity contribution in [1.82, 2.24) is 5.32 Å². The molecule has 5 nitrogen and oxygen atoms in total. The molecule has 25 heavy (non-hydrogen) atoms. The van der Waals surface area contributed by atoms with Crippen LogP contribution in [-0.2, 0) is 14.3 Å². The standard InChI is InChI=1S/C18H12Cl2N2O3/c1-9-13(17(23)22-18(24)14(9)8-21)7-11-3-5-16(25-11)12-4-2-10(19)6-15(12)20/h2-4,6-7,16H,5H2,1H3,(H,22,23,24)/b13-7+. The lowest BCUT2D eigenvalue weighted by Crippen LogP contribution is -2.37. The maximum absolute atomic E-state index is 12.0. The molecule has 2 amide bonds. The first-order valence-corrected chi connectivity index (χ1v) is 8.16. The van der Waals surface area contributed by atoms with Gasteiger partial charge in [0.15, 0.2) is 0 Å². The van der Waals surface area contributed by atoms with Gasteiger partial charge in [0, 0.05) is 27.6 Å². The molecule has 0 saturated carbocycles. The number of imide groups is 1. The zero-order valence-corrected chi connectivity index (χ0v) is 14.6. The third-order valence-corrected chi connectivity index (χ3v) is 4.56. The average Bonchev–Trinajstić information content (AvgIpc) is 3.00. The number of rotatable bonds is 2. The van der Waals surface area contributed by atoms with Gasteiger partial charge in [0.25, 0.3) is 11.8 Å². The third-order valence-electron chi connectivity index (χ3n) is 4.00. The summed E-state index contributed by atoms with van der Waals surface area (Å²) in [7, 11) is 0. The van der Waals surface area contributed by atoms with Gasteiger partial charge in [-0.25, -0.2) is 0 Å². The Bertz CT molecular complexity index is 923. The topological polar surface area (TPSA) is 79.2 Å². The number of nitriles is 1. The van der Waals surface area contributed by atoms with Crippen LogP contribution in [0.3, 0.4) is 0 Å². The molecule has 1 aromatic rings. The number of allylic oxidation sites excluding steroid dienone is 1. The lowest BCUT2D eigenvalue weighted by molar-refractivity contribution is -0.126. The van der Waals surface area contributed by atoms with E-state index in [4.69, 9.17) is 33.2 Å². The van der Waals surface area contributed by atoms with Crippen LogP contribution in [0.5, 0.6) is 0 Å². The van der Waals surface area contributed by atoms with Gasteiger partial charge in [0.05, 0.1) is 0 Å². The lowest BCUT2D eigenvalue weighted by atomic mass is 9.96. The minimum atomic E-state index is -0.686. The normalized spacial score (nSPS) is 21.8. The van der Waals surface area contributed by atoms with Crippen LogP contribution in [0.2, 0.25) is 10.0 Å². The summed E-state index contributed by atoms with van der Waals surface area (Å²) in [5.41, 5.74) is 1.27. The fraction of sp³-hybridized carbons (Fsp3) is 0.167. The molecule has 0 aliphatic carbocycles. The number of nitrogens with one attached hydrogen (secondary N) is 1. The number of amides is 2. The third kappa shape index (κ3) is 3.32. The van der Waals surface area contributed by atoms with E-state index in [0.29, 0.717) is 27.8 Å². The number of hydrogen-bond donors (Lipinski definition) is 1. The van der Waals surface area contributed by atoms with E-state index in [0.717, 1.165) is 5.56 Å². The highest BCUT2D eigenvalue weighted by atomic mass is 35.5. The fourth-order valence-corrected chi connectivity index (χ4v) is 3.22. The summed E-state index contributed by atoms with van der Waals surface area (Å²) in [4.78, 5) is 23.7. The van der Waals surface area contributed by atoms with Crippen LogP contribution in [0.1, 0.15) is 25.0 Å². The molecular formula is C18H12Cl2N2O3. The Hall–Kier alpha value is -2.55. The van der Waals surface area contributed by atoms with Crippen molar-refractivity contribution in [2.45, 2.75) is 19.4 Å². The minimum Gasteiger partial charge on any atom is -0.486 e. The molecular weight excluding hydrogens is 363 g/mol. The van der Waals surface area contributed by atoms with Gasteiger partial charge in [-0.15, -0.1) is 0 Å². The molecule has 0 saturated heterocycles. The summed E-state index contributed by atoms with van der Waals surface area (Å²) < 4.78 is 5.85. The van der Waals surface area contributed by atoms with Crippen LogP contribution in [0.15, 0.2) is 52.8 Å². The van der Waals surface area contributed by atoms with E-state index in [1.54, 1.807) is 25.1 Å². The smallest absolute Gasteiger partial charge is 0.269 e. The second-order valence-electron chi connectivity index (χ2n) is 5.57. The second-order valence-corrected chi connectivity index (χ2v) is 6.41. The fourth-order valence-electron chi connectivity index (χ4n) is 2.69. The lowest BCUT2D eigenvalue weighted by Gasteiger charge is -2.17. The molecule has 126 valence electrons. The Morgan fingerprint density at radius 2 is 2.08 bits per heavy atom. The van der Waals surface area contributed by atoms with Crippen LogP contribution in [0, 0.1) is 11.3 Å². The van der Waals surface area contributed by atoms with Gasteiger partial charge in [-0.05, 0) is 36.8 Å². The first kappa shape index (κ1) is 17.3. The van der Waals surface area contributed by atoms with Crippen molar-refractivity contribution in [1.29, 1.82) is 5.26 Å². The van der Waals surface area contributed by atoms with Gasteiger partial charge >= 0.3 is 0 Å². The van der Waals surface area contributed by atoms with Gasteiger partial charge in [-0.2, -0.15) is 5.26 Å². The molecule has 0 bridgehead atoms. The Morgan fingerprint density at radius 1 is 1.32 bits per heavy atom. The van der Waals surface area contributed by atoms with E-state index in [-0.39, 0.29) is 17.3 Å². The summed E-state index contributed by atoms with van der Waals surface area (Å²) in [5.74, 6) is -0.763. The first-order valence-electron chi connectivity index (χ1n) is 7.41. The molecule has 0 spiro atoms. The molecule has 0 radical (unpaired) electrons. The van der Waals surface area contributed by atoms with Crippen LogP contribution >= 0.6 is 23.2 Å². The molecule has 3 rings (SSSR count). The maximum Gasteiger partial charge on any atom is 0.269 e. The highest BCUT2D eigenvalue weighted by Crippen LogP contribution is 2.37. The van der Waals surface area contributed by atoms with Crippen LogP contribution in [-0.4, -0.2) is 11.8 Å². The quantitative estimate of drug-likeness (QED) is 0.631. The summed E-state index contributed by atoms with van der Waals surface area (Å²) >= 11 is 12.1. The predicted octanol–water partition coefficient (Wildman–Crippen LogP) is 3.76. The van der Waals surface area contributed by atoms with Gasteiger partial charge < -0.3 is 4.74 Å². The van der Waals surface area contributed by atoms with E-state index in [2.05, 4.69) is 5.32 Å². The van der Waals surface area contributed by atoms with Crippen LogP contribution in [0.4, 0.5) is 0 Å². The Labute approximate surface area is 154 Å². The van der Waals surface area contributed by atoms with E-state index < -0.39 is 11.8 Å². The molecule has 1 atom stereocenters. The molecule has 2 heterocycles. The molecule has 0 aromatic heterocycles. The zero-order valence-electron chi connectivity index (χ0n) is 13.1. The summed E-state index contributed by atoms with van der Waals surface area (Å²) in [6.45, 7) is 1.56. The van der Waals surface area contributed by atoms with Crippen molar-refractivity contribution >= 4 is 35.0 Å². The van der Waals surface area contributed by atoms with Crippen molar-refractivity contribution in [2.75, 3.05) is 0 Å². The van der Waals surface area contributed by atoms with Crippen LogP contribution < -0.4 is 5.32 Å². The second kappa shape index (κ2) is 6.75. The van der Waals surface area contributed by atoms with Crippen LogP contribution in [0.25, 0.3) is 0 Å². The molecule has 0 fully saturated rings. The summed E-state index contributed by atoms with van der Waals surface area (Å²) in [5, 5.41) is 12.3. The number of carbonyl (C=O) groups is 2. The molecule has 7 heteroatoms. The first-order chi connectivity index (χ1) is 11.9. The average molecular weight is 375 g/mol. The van der Waals surface area contributed by atoms with Gasteiger partial charge in [0.2, 0.25) is 0 Å². The summed E-state index contributed by atoms with van der Waals surface area (Å²) in [6, 6.07) is 6.98. The van der Waals surface area contributed by atoms with E-state index in [9.17, 15) is 9.59 Å². The molecule has 1 N–H and O–H groups in total. The van der Waals surface area contributed by atoms with E-state index in [1.807, 2.05) is 12.1 Å². The van der Waals surface area contributed by atoms with Gasteiger partial charge in [-0.1, -0.05) is 29.3 Å². The molecule has 2 aliphatic heterocycles. The van der Waals surface area contributed by atoms with Crippen molar-refractivity contribution in [3.8, 4) is 6.07 Å². The van der Waals surface area contributed by atoms with E-state index in [1.165, 1.54) is 6.08 Å². The number of hydrogen-bond acceptors (Lipinski definition) is 4. The zero-order chi connectivity index (χ0) is 18.1. The number of benzene rings is 1. The Balaban J connectivity index is 1.86. The highest BCUT2D eigenvalue weighted by molar-refractivity contribution is 6.35. The predicted molar refractivity (Wildman–Crippen MR) is 92.5 cm³/mol. The molecule has 1 unspecified atom stereocenters. The highest BCUT2D eigenvalue weighted by Gasteiger charge is 2.29. The van der Waals surface area contributed by atoms with Crippen molar-refractivity contribution in [3.63, 3.8) is 0 Å². The van der Waals surface area contributed by atoms with Crippen molar-refractivity contribution < 1.29 is 14.3 Å². The van der Waals surface area contributed by atoms with Crippen molar-refractivity contribution in [2.24, 2.45) is 0 Å². The van der Waals surface area contributed by atoms with Crippen molar-refractivity contribution in [3.05, 3.63) is 68.4 Å². The number of nitrogens with zero attached hydrogens (tertiary/aromatic N) is 1. The Kier molecular flexibility index (Phi) is 4.67. The largest absolute Gasteiger partial charge is 0.486 e. The summed E-state index contributed by atoms with van der Waals surface area (Å²) in [6.07, 6.45) is 3.64. The SMILES string of the molecule is CC1=C(C#N)C(=O)NC(=O)/C1=C/C1=CCC(c2ccc(Cl)cc2Cl)O1. The molecule has 1 aromatic carbocycles. The van der Waals surface area contributed by atoms with Gasteiger partial charge in [-0.3, -0.25) is 14.9 Å². The molecule has 2 aliphatic rings.